The molecule has 3 nitrogen and oxygen atoms in total. The lowest BCUT2D eigenvalue weighted by Gasteiger charge is -2.27. The van der Waals surface area contributed by atoms with Gasteiger partial charge >= 0.3 is 0 Å². The Morgan fingerprint density at radius 2 is 2.44 bits per heavy atom. The molecule has 1 fully saturated rings. The zero-order chi connectivity index (χ0) is 11.4. The average Bonchev–Trinajstić information content (AvgIpc) is 2.74. The summed E-state index contributed by atoms with van der Waals surface area (Å²) >= 11 is 0. The Kier molecular flexibility index (Phi) is 3.78. The second-order valence-electron chi connectivity index (χ2n) is 4.45. The largest absolute Gasteiger partial charge is 0.367 e. The van der Waals surface area contributed by atoms with E-state index < -0.39 is 0 Å². The molecule has 3 heteroatoms. The lowest BCUT2D eigenvalue weighted by Crippen LogP contribution is -2.37. The highest BCUT2D eigenvalue weighted by Crippen LogP contribution is 2.25. The van der Waals surface area contributed by atoms with E-state index in [0.717, 1.165) is 18.8 Å². The first-order valence-electron chi connectivity index (χ1n) is 6.21. The number of anilines is 1. The molecule has 0 radical (unpaired) electrons. The predicted molar refractivity (Wildman–Crippen MR) is 67.9 cm³/mol. The van der Waals surface area contributed by atoms with Crippen molar-refractivity contribution < 1.29 is 0 Å². The van der Waals surface area contributed by atoms with Gasteiger partial charge in [0.25, 0.3) is 0 Å². The maximum absolute atomic E-state index is 4.26. The van der Waals surface area contributed by atoms with Crippen LogP contribution in [0, 0.1) is 6.92 Å². The lowest BCUT2D eigenvalue weighted by atomic mass is 10.2. The van der Waals surface area contributed by atoms with E-state index in [0.29, 0.717) is 6.04 Å². The number of likely N-dealkylation sites (N-methyl/N-ethyl adjacent to an activating group) is 1. The molecule has 1 N–H and O–H groups in total. The number of aryl methyl sites for hydroxylation is 1. The van der Waals surface area contributed by atoms with Crippen molar-refractivity contribution in [2.75, 3.05) is 24.5 Å². The van der Waals surface area contributed by atoms with Crippen molar-refractivity contribution in [2.45, 2.75) is 32.7 Å². The maximum atomic E-state index is 4.26. The quantitative estimate of drug-likeness (QED) is 0.839. The molecule has 16 heavy (non-hydrogen) atoms. The van der Waals surface area contributed by atoms with Crippen LogP contribution in [0.3, 0.4) is 0 Å². The second kappa shape index (κ2) is 5.30. The summed E-state index contributed by atoms with van der Waals surface area (Å²) < 4.78 is 0. The molecule has 1 aromatic heterocycles. The number of nitrogens with zero attached hydrogens (tertiary/aromatic N) is 2. The van der Waals surface area contributed by atoms with E-state index in [-0.39, 0.29) is 0 Å². The minimum atomic E-state index is 0.654. The number of aromatic nitrogens is 1. The van der Waals surface area contributed by atoms with Gasteiger partial charge in [0, 0.05) is 36.7 Å². The molecule has 0 aliphatic carbocycles. The van der Waals surface area contributed by atoms with E-state index in [4.69, 9.17) is 0 Å². The van der Waals surface area contributed by atoms with Gasteiger partial charge in [-0.2, -0.15) is 0 Å². The predicted octanol–water partition coefficient (Wildman–Crippen LogP) is 1.97. The number of pyridine rings is 1. The maximum Gasteiger partial charge on any atom is 0.0415 e. The highest BCUT2D eigenvalue weighted by Gasteiger charge is 2.24. The summed E-state index contributed by atoms with van der Waals surface area (Å²) in [6, 6.07) is 4.96. The number of rotatable bonds is 4. The normalized spacial score (nSPS) is 20.4. The molecule has 1 saturated heterocycles. The molecule has 2 rings (SSSR count). The first kappa shape index (κ1) is 11.4. The zero-order valence-electron chi connectivity index (χ0n) is 10.2. The third kappa shape index (κ3) is 2.53. The van der Waals surface area contributed by atoms with Crippen molar-refractivity contribution in [3.05, 3.63) is 24.0 Å². The minimum Gasteiger partial charge on any atom is -0.367 e. The van der Waals surface area contributed by atoms with Gasteiger partial charge in [-0.1, -0.05) is 6.92 Å². The fourth-order valence-electron chi connectivity index (χ4n) is 2.41. The smallest absolute Gasteiger partial charge is 0.0415 e. The molecular formula is C13H21N3. The molecule has 0 aromatic carbocycles. The molecule has 88 valence electrons. The van der Waals surface area contributed by atoms with Crippen LogP contribution in [0.4, 0.5) is 5.69 Å². The van der Waals surface area contributed by atoms with Gasteiger partial charge < -0.3 is 10.2 Å². The van der Waals surface area contributed by atoms with Crippen LogP contribution in [-0.4, -0.2) is 30.7 Å². The van der Waals surface area contributed by atoms with Crippen LogP contribution in [0.1, 0.15) is 25.5 Å². The summed E-state index contributed by atoms with van der Waals surface area (Å²) in [6.07, 6.45) is 4.51. The first-order chi connectivity index (χ1) is 7.81. The van der Waals surface area contributed by atoms with Crippen LogP contribution < -0.4 is 10.2 Å². The lowest BCUT2D eigenvalue weighted by molar-refractivity contribution is 0.587. The van der Waals surface area contributed by atoms with Crippen molar-refractivity contribution >= 4 is 5.69 Å². The number of hydrogen-bond acceptors (Lipinski definition) is 3. The Balaban J connectivity index is 2.07. The summed E-state index contributed by atoms with van der Waals surface area (Å²) in [6.45, 7) is 7.55. The number of nitrogens with one attached hydrogen (secondary N) is 1. The molecule has 1 unspecified atom stereocenters. The van der Waals surface area contributed by atoms with Crippen molar-refractivity contribution in [3.8, 4) is 0 Å². The van der Waals surface area contributed by atoms with Crippen molar-refractivity contribution in [2.24, 2.45) is 0 Å². The SMILES string of the molecule is CCNCC1CCCN1c1ccnc(C)c1. The third-order valence-corrected chi connectivity index (χ3v) is 3.22. The molecule has 1 atom stereocenters. The molecule has 0 bridgehead atoms. The topological polar surface area (TPSA) is 28.2 Å². The molecule has 1 aliphatic heterocycles. The Labute approximate surface area is 97.9 Å². The third-order valence-electron chi connectivity index (χ3n) is 3.22. The first-order valence-corrected chi connectivity index (χ1v) is 6.21. The van der Waals surface area contributed by atoms with E-state index in [1.807, 2.05) is 6.20 Å². The van der Waals surface area contributed by atoms with Crippen LogP contribution in [0.5, 0.6) is 0 Å². The van der Waals surface area contributed by atoms with E-state index in [9.17, 15) is 0 Å². The van der Waals surface area contributed by atoms with Crippen molar-refractivity contribution in [3.63, 3.8) is 0 Å². The van der Waals surface area contributed by atoms with Crippen LogP contribution >= 0.6 is 0 Å². The van der Waals surface area contributed by atoms with Crippen molar-refractivity contribution in [1.82, 2.24) is 10.3 Å². The highest BCUT2D eigenvalue weighted by molar-refractivity contribution is 5.48. The van der Waals surface area contributed by atoms with Crippen molar-refractivity contribution in [1.29, 1.82) is 0 Å². The van der Waals surface area contributed by atoms with E-state index in [2.05, 4.69) is 41.2 Å². The van der Waals surface area contributed by atoms with Crippen LogP contribution in [0.15, 0.2) is 18.3 Å². The summed E-state index contributed by atoms with van der Waals surface area (Å²) in [7, 11) is 0. The van der Waals surface area contributed by atoms with E-state index in [1.165, 1.54) is 25.1 Å². The molecule has 0 spiro atoms. The zero-order valence-corrected chi connectivity index (χ0v) is 10.2. The van der Waals surface area contributed by atoms with E-state index >= 15 is 0 Å². The molecular weight excluding hydrogens is 198 g/mol. The van der Waals surface area contributed by atoms with Gasteiger partial charge in [0.2, 0.25) is 0 Å². The number of hydrogen-bond donors (Lipinski definition) is 1. The summed E-state index contributed by atoms with van der Waals surface area (Å²) in [5.74, 6) is 0. The van der Waals surface area contributed by atoms with Crippen LogP contribution in [0.25, 0.3) is 0 Å². The highest BCUT2D eigenvalue weighted by atomic mass is 15.2. The van der Waals surface area contributed by atoms with Gasteiger partial charge in [-0.25, -0.2) is 0 Å². The van der Waals surface area contributed by atoms with Crippen LogP contribution in [-0.2, 0) is 0 Å². The minimum absolute atomic E-state index is 0.654. The van der Waals surface area contributed by atoms with E-state index in [1.54, 1.807) is 0 Å². The fraction of sp³-hybridized carbons (Fsp3) is 0.615. The van der Waals surface area contributed by atoms with Gasteiger partial charge in [0.15, 0.2) is 0 Å². The summed E-state index contributed by atoms with van der Waals surface area (Å²) in [4.78, 5) is 6.77. The summed E-state index contributed by atoms with van der Waals surface area (Å²) in [5, 5.41) is 3.45. The van der Waals surface area contributed by atoms with Gasteiger partial charge in [-0.05, 0) is 38.4 Å². The Bertz CT molecular complexity index is 338. The Morgan fingerprint density at radius 3 is 3.19 bits per heavy atom. The summed E-state index contributed by atoms with van der Waals surface area (Å²) in [5.41, 5.74) is 2.43. The Hall–Kier alpha value is -1.09. The molecule has 0 amide bonds. The molecule has 1 aromatic rings. The van der Waals surface area contributed by atoms with Crippen LogP contribution in [0.2, 0.25) is 0 Å². The monoisotopic (exact) mass is 219 g/mol. The van der Waals surface area contributed by atoms with Gasteiger partial charge in [0.1, 0.15) is 0 Å². The molecule has 1 aliphatic rings. The fourth-order valence-corrected chi connectivity index (χ4v) is 2.41. The Morgan fingerprint density at radius 1 is 1.56 bits per heavy atom. The molecule has 2 heterocycles. The molecule has 0 saturated carbocycles. The van der Waals surface area contributed by atoms with Gasteiger partial charge in [-0.15, -0.1) is 0 Å². The van der Waals surface area contributed by atoms with Gasteiger partial charge in [0.05, 0.1) is 0 Å². The standard InChI is InChI=1S/C13H21N3/c1-3-14-10-13-5-4-8-16(13)12-6-7-15-11(2)9-12/h6-7,9,13-14H,3-5,8,10H2,1-2H3. The second-order valence-corrected chi connectivity index (χ2v) is 4.45. The average molecular weight is 219 g/mol. The van der Waals surface area contributed by atoms with Gasteiger partial charge in [-0.3, -0.25) is 4.98 Å².